The van der Waals surface area contributed by atoms with Crippen LogP contribution in [0.15, 0.2) is 29.4 Å². The molecule has 0 unspecified atom stereocenters. The van der Waals surface area contributed by atoms with Crippen molar-refractivity contribution in [2.75, 3.05) is 39.2 Å². The van der Waals surface area contributed by atoms with Gasteiger partial charge >= 0.3 is 0 Å². The monoisotopic (exact) mass is 314 g/mol. The van der Waals surface area contributed by atoms with Gasteiger partial charge < -0.3 is 15.2 Å². The Morgan fingerprint density at radius 1 is 1.33 bits per heavy atom. The number of nitrogens with one attached hydrogen (secondary N) is 1. The first-order valence-electron chi connectivity index (χ1n) is 6.35. The van der Waals surface area contributed by atoms with Crippen molar-refractivity contribution in [1.82, 2.24) is 14.1 Å². The van der Waals surface area contributed by atoms with E-state index in [-0.39, 0.29) is 24.0 Å². The molecule has 0 saturated heterocycles. The number of anilines is 1. The van der Waals surface area contributed by atoms with E-state index >= 15 is 0 Å². The highest BCUT2D eigenvalue weighted by atomic mass is 32.2. The summed E-state index contributed by atoms with van der Waals surface area (Å²) in [6.45, 7) is 1.27. The van der Waals surface area contributed by atoms with Gasteiger partial charge in [-0.3, -0.25) is 4.40 Å². The third kappa shape index (κ3) is 3.70. The average molecular weight is 314 g/mol. The largest absolute Gasteiger partial charge is 0.382 e. The molecule has 0 bridgehead atoms. The standard InChI is InChI=1S/C12H18N4O4S/c1-19-8-9-20-7-5-14-21(17,18)12-11(13)15-10-4-2-3-6-16(10)12/h2-4,6,14H,5,7-9,13H2,1H3. The van der Waals surface area contributed by atoms with Gasteiger partial charge in [-0.1, -0.05) is 6.07 Å². The van der Waals surface area contributed by atoms with Crippen LogP contribution in [0.4, 0.5) is 5.82 Å². The molecule has 0 fully saturated rings. The lowest BCUT2D eigenvalue weighted by Gasteiger charge is -2.07. The minimum atomic E-state index is -3.75. The molecule has 9 heteroatoms. The SMILES string of the molecule is COCCOCCNS(=O)(=O)c1c(N)nc2ccccn12. The van der Waals surface area contributed by atoms with Crippen LogP contribution in [0.2, 0.25) is 0 Å². The quantitative estimate of drug-likeness (QED) is 0.657. The molecule has 0 saturated carbocycles. The van der Waals surface area contributed by atoms with Crippen LogP contribution in [-0.2, 0) is 19.5 Å². The van der Waals surface area contributed by atoms with E-state index in [1.807, 2.05) is 0 Å². The van der Waals surface area contributed by atoms with Gasteiger partial charge in [0.25, 0.3) is 10.0 Å². The van der Waals surface area contributed by atoms with Gasteiger partial charge in [0.15, 0.2) is 10.8 Å². The van der Waals surface area contributed by atoms with Gasteiger partial charge in [-0.15, -0.1) is 0 Å². The Morgan fingerprint density at radius 3 is 2.90 bits per heavy atom. The first-order chi connectivity index (χ1) is 10.1. The molecule has 2 aromatic heterocycles. The van der Waals surface area contributed by atoms with Crippen LogP contribution >= 0.6 is 0 Å². The molecule has 0 aliphatic heterocycles. The molecule has 0 aromatic carbocycles. The van der Waals surface area contributed by atoms with Gasteiger partial charge in [0, 0.05) is 19.9 Å². The molecule has 116 valence electrons. The van der Waals surface area contributed by atoms with Crippen LogP contribution in [-0.4, -0.2) is 51.3 Å². The van der Waals surface area contributed by atoms with E-state index in [1.165, 1.54) is 4.40 Å². The van der Waals surface area contributed by atoms with Crippen molar-refractivity contribution >= 4 is 21.5 Å². The summed E-state index contributed by atoms with van der Waals surface area (Å²) in [5.74, 6) is -0.0333. The van der Waals surface area contributed by atoms with Gasteiger partial charge in [-0.05, 0) is 12.1 Å². The van der Waals surface area contributed by atoms with Gasteiger partial charge in [-0.2, -0.15) is 0 Å². The lowest BCUT2D eigenvalue weighted by molar-refractivity contribution is 0.0736. The van der Waals surface area contributed by atoms with Crippen molar-refractivity contribution in [1.29, 1.82) is 0 Å². The summed E-state index contributed by atoms with van der Waals surface area (Å²) in [5.41, 5.74) is 6.19. The lowest BCUT2D eigenvalue weighted by Crippen LogP contribution is -2.29. The number of hydrogen-bond donors (Lipinski definition) is 2. The highest BCUT2D eigenvalue weighted by Crippen LogP contribution is 2.19. The van der Waals surface area contributed by atoms with E-state index in [2.05, 4.69) is 9.71 Å². The second-order valence-corrected chi connectivity index (χ2v) is 5.92. The van der Waals surface area contributed by atoms with Crippen LogP contribution in [0, 0.1) is 0 Å². The van der Waals surface area contributed by atoms with Crippen LogP contribution < -0.4 is 10.5 Å². The Hall–Kier alpha value is -1.68. The molecule has 0 spiro atoms. The number of nitrogen functional groups attached to an aromatic ring is 1. The predicted octanol–water partition coefficient (Wildman–Crippen LogP) is -0.142. The molecular formula is C12H18N4O4S. The summed E-state index contributed by atoms with van der Waals surface area (Å²) in [6, 6.07) is 5.15. The summed E-state index contributed by atoms with van der Waals surface area (Å²) < 4.78 is 38.5. The maximum atomic E-state index is 12.3. The number of methoxy groups -OCH3 is 1. The van der Waals surface area contributed by atoms with Crippen molar-refractivity contribution < 1.29 is 17.9 Å². The Morgan fingerprint density at radius 2 is 2.14 bits per heavy atom. The third-order valence-corrected chi connectivity index (χ3v) is 4.24. The average Bonchev–Trinajstić information content (AvgIpc) is 2.79. The highest BCUT2D eigenvalue weighted by molar-refractivity contribution is 7.89. The van der Waals surface area contributed by atoms with Gasteiger partial charge in [-0.25, -0.2) is 18.1 Å². The number of pyridine rings is 1. The maximum absolute atomic E-state index is 12.3. The van der Waals surface area contributed by atoms with Gasteiger partial charge in [0.05, 0.1) is 19.8 Å². The zero-order valence-electron chi connectivity index (χ0n) is 11.7. The smallest absolute Gasteiger partial charge is 0.260 e. The van der Waals surface area contributed by atoms with Crippen LogP contribution in [0.25, 0.3) is 5.65 Å². The number of imidazole rings is 1. The number of sulfonamides is 1. The lowest BCUT2D eigenvalue weighted by atomic mass is 10.5. The molecule has 2 heterocycles. The summed E-state index contributed by atoms with van der Waals surface area (Å²) in [7, 11) is -2.18. The van der Waals surface area contributed by atoms with Gasteiger partial charge in [0.2, 0.25) is 0 Å². The predicted molar refractivity (Wildman–Crippen MR) is 77.5 cm³/mol. The van der Waals surface area contributed by atoms with Crippen LogP contribution in [0.3, 0.4) is 0 Å². The van der Waals surface area contributed by atoms with E-state index in [4.69, 9.17) is 15.2 Å². The van der Waals surface area contributed by atoms with E-state index in [0.717, 1.165) is 0 Å². The molecule has 3 N–H and O–H groups in total. The number of nitrogens with two attached hydrogens (primary N) is 1. The van der Waals surface area contributed by atoms with Crippen molar-refractivity contribution in [3.8, 4) is 0 Å². The number of hydrogen-bond acceptors (Lipinski definition) is 6. The van der Waals surface area contributed by atoms with Gasteiger partial charge in [0.1, 0.15) is 5.65 Å². The first kappa shape index (κ1) is 15.7. The van der Waals surface area contributed by atoms with Crippen molar-refractivity contribution in [2.24, 2.45) is 0 Å². The molecule has 0 atom stereocenters. The number of rotatable bonds is 8. The number of aromatic nitrogens is 2. The Labute approximate surface area is 122 Å². The van der Waals surface area contributed by atoms with Crippen LogP contribution in [0.5, 0.6) is 0 Å². The minimum Gasteiger partial charge on any atom is -0.382 e. The zero-order chi connectivity index (χ0) is 15.3. The fourth-order valence-electron chi connectivity index (χ4n) is 1.82. The molecule has 21 heavy (non-hydrogen) atoms. The van der Waals surface area contributed by atoms with E-state index in [9.17, 15) is 8.42 Å². The first-order valence-corrected chi connectivity index (χ1v) is 7.83. The minimum absolute atomic E-state index is 0.0333. The van der Waals surface area contributed by atoms with E-state index in [0.29, 0.717) is 18.9 Å². The molecule has 2 aromatic rings. The normalized spacial score (nSPS) is 12.0. The molecule has 0 amide bonds. The maximum Gasteiger partial charge on any atom is 0.260 e. The molecule has 8 nitrogen and oxygen atoms in total. The van der Waals surface area contributed by atoms with Crippen molar-refractivity contribution in [2.45, 2.75) is 5.03 Å². The zero-order valence-corrected chi connectivity index (χ0v) is 12.5. The Balaban J connectivity index is 2.06. The van der Waals surface area contributed by atoms with E-state index in [1.54, 1.807) is 31.5 Å². The second kappa shape index (κ2) is 6.85. The van der Waals surface area contributed by atoms with E-state index < -0.39 is 10.0 Å². The topological polar surface area (TPSA) is 108 Å². The van der Waals surface area contributed by atoms with Crippen molar-refractivity contribution in [3.05, 3.63) is 24.4 Å². The number of ether oxygens (including phenoxy) is 2. The molecule has 2 rings (SSSR count). The second-order valence-electron chi connectivity index (χ2n) is 4.23. The number of fused-ring (bicyclic) bond motifs is 1. The Bertz CT molecular complexity index is 698. The summed E-state index contributed by atoms with van der Waals surface area (Å²) in [4.78, 5) is 4.02. The molecule has 0 radical (unpaired) electrons. The molecule has 0 aliphatic rings. The van der Waals surface area contributed by atoms with Crippen LogP contribution in [0.1, 0.15) is 0 Å². The third-order valence-electron chi connectivity index (χ3n) is 2.74. The molecular weight excluding hydrogens is 296 g/mol. The Kier molecular flexibility index (Phi) is 5.12. The summed E-state index contributed by atoms with van der Waals surface area (Å²) in [6.07, 6.45) is 1.60. The molecule has 0 aliphatic carbocycles. The van der Waals surface area contributed by atoms with Crippen molar-refractivity contribution in [3.63, 3.8) is 0 Å². The number of nitrogens with zero attached hydrogens (tertiary/aromatic N) is 2. The fraction of sp³-hybridized carbons (Fsp3) is 0.417. The highest BCUT2D eigenvalue weighted by Gasteiger charge is 2.23. The summed E-state index contributed by atoms with van der Waals surface area (Å²) >= 11 is 0. The summed E-state index contributed by atoms with van der Waals surface area (Å²) in [5, 5.41) is -0.0602. The fourth-order valence-corrected chi connectivity index (χ4v) is 3.04.